The van der Waals surface area contributed by atoms with E-state index in [1.807, 2.05) is 24.3 Å². The van der Waals surface area contributed by atoms with Crippen molar-refractivity contribution in [3.63, 3.8) is 0 Å². The van der Waals surface area contributed by atoms with E-state index in [-0.39, 0.29) is 11.9 Å². The predicted molar refractivity (Wildman–Crippen MR) is 65.0 cm³/mol. The third-order valence-corrected chi connectivity index (χ3v) is 3.50. The van der Waals surface area contributed by atoms with E-state index in [2.05, 4.69) is 4.98 Å². The van der Waals surface area contributed by atoms with Crippen LogP contribution in [-0.4, -0.2) is 10.9 Å². The molecule has 16 heavy (non-hydrogen) atoms. The van der Waals surface area contributed by atoms with Crippen molar-refractivity contribution in [2.24, 2.45) is 11.5 Å². The molecular weight excluding hydrogens is 222 g/mol. The molecule has 4 N–H and O–H groups in total. The SMILES string of the molecule is NC(=O)CC[C@H](N)c1nc2ccccc2s1. The molecule has 0 unspecified atom stereocenters. The van der Waals surface area contributed by atoms with E-state index in [9.17, 15) is 4.79 Å². The fraction of sp³-hybridized carbons (Fsp3) is 0.273. The van der Waals surface area contributed by atoms with Crippen LogP contribution in [0.4, 0.5) is 0 Å². The van der Waals surface area contributed by atoms with E-state index in [1.165, 1.54) is 0 Å². The number of para-hydroxylation sites is 1. The number of thiazole rings is 1. The third-order valence-electron chi connectivity index (χ3n) is 2.33. The van der Waals surface area contributed by atoms with Crippen LogP contribution in [0.2, 0.25) is 0 Å². The second-order valence-corrected chi connectivity index (χ2v) is 4.69. The number of amides is 1. The minimum absolute atomic E-state index is 0.204. The van der Waals surface area contributed by atoms with Crippen LogP contribution < -0.4 is 11.5 Å². The number of nitrogens with two attached hydrogens (primary N) is 2. The molecule has 0 fully saturated rings. The number of nitrogens with zero attached hydrogens (tertiary/aromatic N) is 1. The number of hydrogen-bond donors (Lipinski definition) is 2. The molecule has 84 valence electrons. The summed E-state index contributed by atoms with van der Waals surface area (Å²) in [6.07, 6.45) is 0.853. The minimum atomic E-state index is -0.323. The molecule has 2 rings (SSSR count). The number of rotatable bonds is 4. The Bertz CT molecular complexity index is 476. The Labute approximate surface area is 97.3 Å². The summed E-state index contributed by atoms with van der Waals surface area (Å²) in [6, 6.07) is 7.68. The van der Waals surface area contributed by atoms with E-state index in [0.29, 0.717) is 12.8 Å². The molecule has 0 aliphatic rings. The van der Waals surface area contributed by atoms with Crippen LogP contribution >= 0.6 is 11.3 Å². The quantitative estimate of drug-likeness (QED) is 0.843. The molecular formula is C11H13N3OS. The first-order valence-corrected chi connectivity index (χ1v) is 5.88. The Kier molecular flexibility index (Phi) is 3.17. The van der Waals surface area contributed by atoms with Crippen molar-refractivity contribution < 1.29 is 4.79 Å². The van der Waals surface area contributed by atoms with Gasteiger partial charge in [-0.2, -0.15) is 0 Å². The van der Waals surface area contributed by atoms with Crippen LogP contribution in [0.1, 0.15) is 23.9 Å². The minimum Gasteiger partial charge on any atom is -0.370 e. The summed E-state index contributed by atoms with van der Waals surface area (Å²) >= 11 is 1.57. The predicted octanol–water partition coefficient (Wildman–Crippen LogP) is 1.56. The lowest BCUT2D eigenvalue weighted by Crippen LogP contribution is -2.16. The van der Waals surface area contributed by atoms with Crippen molar-refractivity contribution >= 4 is 27.5 Å². The van der Waals surface area contributed by atoms with E-state index in [0.717, 1.165) is 15.2 Å². The molecule has 1 aromatic carbocycles. The Hall–Kier alpha value is -1.46. The van der Waals surface area contributed by atoms with Gasteiger partial charge in [0.25, 0.3) is 0 Å². The molecule has 5 heteroatoms. The lowest BCUT2D eigenvalue weighted by molar-refractivity contribution is -0.118. The smallest absolute Gasteiger partial charge is 0.217 e. The zero-order valence-electron chi connectivity index (χ0n) is 8.72. The first-order valence-electron chi connectivity index (χ1n) is 5.06. The van der Waals surface area contributed by atoms with Gasteiger partial charge in [-0.1, -0.05) is 12.1 Å². The third kappa shape index (κ3) is 2.37. The van der Waals surface area contributed by atoms with Crippen molar-refractivity contribution in [1.29, 1.82) is 0 Å². The van der Waals surface area contributed by atoms with E-state index in [1.54, 1.807) is 11.3 Å². The van der Waals surface area contributed by atoms with Crippen LogP contribution in [0.25, 0.3) is 10.2 Å². The van der Waals surface area contributed by atoms with Gasteiger partial charge in [-0.25, -0.2) is 4.98 Å². The molecule has 0 radical (unpaired) electrons. The lowest BCUT2D eigenvalue weighted by atomic mass is 10.2. The van der Waals surface area contributed by atoms with Gasteiger partial charge in [-0.3, -0.25) is 4.79 Å². The Morgan fingerprint density at radius 3 is 2.88 bits per heavy atom. The number of benzene rings is 1. The molecule has 0 aliphatic carbocycles. The maximum atomic E-state index is 10.7. The monoisotopic (exact) mass is 235 g/mol. The highest BCUT2D eigenvalue weighted by Crippen LogP contribution is 2.26. The van der Waals surface area contributed by atoms with Crippen LogP contribution in [0, 0.1) is 0 Å². The van der Waals surface area contributed by atoms with Gasteiger partial charge in [-0.15, -0.1) is 11.3 Å². The maximum Gasteiger partial charge on any atom is 0.217 e. The lowest BCUT2D eigenvalue weighted by Gasteiger charge is -2.05. The van der Waals surface area contributed by atoms with Gasteiger partial charge < -0.3 is 11.5 Å². The van der Waals surface area contributed by atoms with Gasteiger partial charge >= 0.3 is 0 Å². The highest BCUT2D eigenvalue weighted by molar-refractivity contribution is 7.18. The fourth-order valence-electron chi connectivity index (χ4n) is 1.47. The second kappa shape index (κ2) is 4.59. The maximum absolute atomic E-state index is 10.7. The molecule has 0 saturated carbocycles. The molecule has 4 nitrogen and oxygen atoms in total. The van der Waals surface area contributed by atoms with Crippen molar-refractivity contribution in [2.75, 3.05) is 0 Å². The van der Waals surface area contributed by atoms with Gasteiger partial charge in [-0.05, 0) is 18.6 Å². The molecule has 1 aromatic heterocycles. The average Bonchev–Trinajstić information content (AvgIpc) is 2.69. The standard InChI is InChI=1S/C11H13N3OS/c12-7(5-6-10(13)15)11-14-8-3-1-2-4-9(8)16-11/h1-4,7H,5-6,12H2,(H2,13,15)/t7-/m0/s1. The topological polar surface area (TPSA) is 82.0 Å². The summed E-state index contributed by atoms with van der Waals surface area (Å²) in [7, 11) is 0. The first kappa shape index (κ1) is 11.0. The van der Waals surface area contributed by atoms with Gasteiger partial charge in [0.2, 0.25) is 5.91 Å². The van der Waals surface area contributed by atoms with E-state index < -0.39 is 0 Å². The number of fused-ring (bicyclic) bond motifs is 1. The molecule has 2 aromatic rings. The van der Waals surface area contributed by atoms with Crippen molar-refractivity contribution in [3.8, 4) is 0 Å². The molecule has 0 bridgehead atoms. The summed E-state index contributed by atoms with van der Waals surface area (Å²) in [5.41, 5.74) is 12.0. The summed E-state index contributed by atoms with van der Waals surface area (Å²) in [4.78, 5) is 15.1. The second-order valence-electron chi connectivity index (χ2n) is 3.63. The first-order chi connectivity index (χ1) is 7.66. The van der Waals surface area contributed by atoms with Crippen molar-refractivity contribution in [3.05, 3.63) is 29.3 Å². The fourth-order valence-corrected chi connectivity index (χ4v) is 2.47. The Morgan fingerprint density at radius 1 is 1.44 bits per heavy atom. The van der Waals surface area contributed by atoms with Crippen LogP contribution in [0.3, 0.4) is 0 Å². The number of hydrogen-bond acceptors (Lipinski definition) is 4. The number of primary amides is 1. The summed E-state index contributed by atoms with van der Waals surface area (Å²) < 4.78 is 1.12. The zero-order chi connectivity index (χ0) is 11.5. The summed E-state index contributed by atoms with van der Waals surface area (Å²) in [6.45, 7) is 0. The van der Waals surface area contributed by atoms with Crippen LogP contribution in [-0.2, 0) is 4.79 Å². The Balaban J connectivity index is 2.16. The average molecular weight is 235 g/mol. The van der Waals surface area contributed by atoms with E-state index in [4.69, 9.17) is 11.5 Å². The largest absolute Gasteiger partial charge is 0.370 e. The summed E-state index contributed by atoms with van der Waals surface area (Å²) in [5, 5.41) is 0.863. The van der Waals surface area contributed by atoms with Crippen LogP contribution in [0.15, 0.2) is 24.3 Å². The molecule has 1 amide bonds. The normalized spacial score (nSPS) is 12.8. The molecule has 0 aliphatic heterocycles. The number of aromatic nitrogens is 1. The zero-order valence-corrected chi connectivity index (χ0v) is 9.54. The highest BCUT2D eigenvalue weighted by atomic mass is 32.1. The van der Waals surface area contributed by atoms with Gasteiger partial charge in [0.15, 0.2) is 0 Å². The molecule has 0 saturated heterocycles. The molecule has 1 heterocycles. The number of carbonyl (C=O) groups excluding carboxylic acids is 1. The van der Waals surface area contributed by atoms with E-state index >= 15 is 0 Å². The summed E-state index contributed by atoms with van der Waals surface area (Å²) in [5.74, 6) is -0.323. The highest BCUT2D eigenvalue weighted by Gasteiger charge is 2.12. The van der Waals surface area contributed by atoms with Gasteiger partial charge in [0.1, 0.15) is 5.01 Å². The number of carbonyl (C=O) groups is 1. The van der Waals surface area contributed by atoms with Gasteiger partial charge in [0, 0.05) is 6.42 Å². The van der Waals surface area contributed by atoms with Crippen LogP contribution in [0.5, 0.6) is 0 Å². The Morgan fingerprint density at radius 2 is 2.19 bits per heavy atom. The molecule has 0 spiro atoms. The van der Waals surface area contributed by atoms with Gasteiger partial charge in [0.05, 0.1) is 16.3 Å². The molecule has 1 atom stereocenters. The van der Waals surface area contributed by atoms with Crippen molar-refractivity contribution in [2.45, 2.75) is 18.9 Å². The van der Waals surface area contributed by atoms with Crippen molar-refractivity contribution in [1.82, 2.24) is 4.98 Å².